The van der Waals surface area contributed by atoms with Crippen LogP contribution in [0.25, 0.3) is 0 Å². The monoisotopic (exact) mass is 422 g/mol. The Balaban J connectivity index is 2.47. The zero-order valence-corrected chi connectivity index (χ0v) is 13.6. The van der Waals surface area contributed by atoms with Crippen molar-refractivity contribution in [1.29, 1.82) is 0 Å². The molecule has 0 aliphatic carbocycles. The molecule has 0 aliphatic rings. The number of aliphatic hydroxyl groups is 1. The van der Waals surface area contributed by atoms with Gasteiger partial charge in [-0.15, -0.1) is 0 Å². The molecule has 0 fully saturated rings. The van der Waals surface area contributed by atoms with Crippen LogP contribution in [0.15, 0.2) is 37.8 Å². The average Bonchev–Trinajstić information content (AvgIpc) is 2.58. The molecule has 0 saturated heterocycles. The number of nitrogens with zero attached hydrogens (tertiary/aromatic N) is 2. The Morgan fingerprint density at radius 1 is 1.24 bits per heavy atom. The predicted octanol–water partition coefficient (Wildman–Crippen LogP) is 3.79. The highest BCUT2D eigenvalue weighted by Crippen LogP contribution is 2.33. The Bertz CT molecular complexity index is 534. The quantitative estimate of drug-likeness (QED) is 0.796. The zero-order valence-electron chi connectivity index (χ0n) is 8.86. The number of benzene rings is 1. The summed E-state index contributed by atoms with van der Waals surface area (Å²) in [5.74, 6) is 0. The van der Waals surface area contributed by atoms with Crippen molar-refractivity contribution < 1.29 is 5.11 Å². The highest BCUT2D eigenvalue weighted by Gasteiger charge is 2.20. The summed E-state index contributed by atoms with van der Waals surface area (Å²) in [7, 11) is 1.80. The molecular formula is C11H9Br3N2O. The van der Waals surface area contributed by atoms with Crippen molar-refractivity contribution in [3.05, 3.63) is 49.1 Å². The van der Waals surface area contributed by atoms with E-state index in [-0.39, 0.29) is 0 Å². The number of hydrogen-bond acceptors (Lipinski definition) is 2. The van der Waals surface area contributed by atoms with Crippen LogP contribution in [0.2, 0.25) is 0 Å². The van der Waals surface area contributed by atoms with E-state index in [1.165, 1.54) is 0 Å². The second-order valence-electron chi connectivity index (χ2n) is 3.57. The molecule has 90 valence electrons. The summed E-state index contributed by atoms with van der Waals surface area (Å²) in [5, 5.41) is 14.5. The van der Waals surface area contributed by atoms with E-state index in [1.54, 1.807) is 17.9 Å². The number of aromatic nitrogens is 2. The first kappa shape index (κ1) is 13.3. The predicted molar refractivity (Wildman–Crippen MR) is 76.8 cm³/mol. The summed E-state index contributed by atoms with van der Waals surface area (Å²) < 4.78 is 4.27. The largest absolute Gasteiger partial charge is 0.382 e. The smallest absolute Gasteiger partial charge is 0.123 e. The lowest BCUT2D eigenvalue weighted by Gasteiger charge is -2.14. The third-order valence-electron chi connectivity index (χ3n) is 2.45. The molecule has 0 aliphatic heterocycles. The normalized spacial score (nSPS) is 12.8. The fourth-order valence-corrected chi connectivity index (χ4v) is 3.43. The molecule has 1 atom stereocenters. The van der Waals surface area contributed by atoms with E-state index in [9.17, 15) is 5.11 Å². The fraction of sp³-hybridized carbons (Fsp3) is 0.182. The van der Waals surface area contributed by atoms with E-state index in [0.29, 0.717) is 0 Å². The number of aliphatic hydroxyl groups excluding tert-OH is 1. The van der Waals surface area contributed by atoms with Gasteiger partial charge in [0.25, 0.3) is 0 Å². The van der Waals surface area contributed by atoms with Crippen molar-refractivity contribution in [1.82, 2.24) is 9.78 Å². The lowest BCUT2D eigenvalue weighted by molar-refractivity contribution is 0.208. The van der Waals surface area contributed by atoms with Crippen molar-refractivity contribution in [2.45, 2.75) is 6.10 Å². The van der Waals surface area contributed by atoms with Crippen molar-refractivity contribution in [3.8, 4) is 0 Å². The summed E-state index contributed by atoms with van der Waals surface area (Å²) in [6, 6.07) is 5.68. The molecular weight excluding hydrogens is 416 g/mol. The number of hydrogen-bond donors (Lipinski definition) is 1. The van der Waals surface area contributed by atoms with Gasteiger partial charge in [-0.2, -0.15) is 5.10 Å². The molecule has 0 amide bonds. The van der Waals surface area contributed by atoms with Crippen molar-refractivity contribution in [2.75, 3.05) is 0 Å². The summed E-state index contributed by atoms with van der Waals surface area (Å²) in [5.41, 5.74) is 1.53. The van der Waals surface area contributed by atoms with Gasteiger partial charge in [-0.25, -0.2) is 0 Å². The van der Waals surface area contributed by atoms with Gasteiger partial charge in [0.05, 0.1) is 16.4 Å². The van der Waals surface area contributed by atoms with Crippen LogP contribution in [0.3, 0.4) is 0 Å². The first-order valence-corrected chi connectivity index (χ1v) is 7.19. The van der Waals surface area contributed by atoms with Gasteiger partial charge in [0, 0.05) is 21.6 Å². The van der Waals surface area contributed by atoms with Crippen LogP contribution in [-0.2, 0) is 7.05 Å². The molecule has 3 nitrogen and oxygen atoms in total. The van der Waals surface area contributed by atoms with Crippen LogP contribution in [0.1, 0.15) is 17.4 Å². The van der Waals surface area contributed by atoms with Gasteiger partial charge in [-0.3, -0.25) is 4.68 Å². The van der Waals surface area contributed by atoms with Crippen LogP contribution < -0.4 is 0 Å². The van der Waals surface area contributed by atoms with Gasteiger partial charge < -0.3 is 5.11 Å². The molecule has 0 radical (unpaired) electrons. The Morgan fingerprint density at radius 3 is 2.47 bits per heavy atom. The third-order valence-corrected chi connectivity index (χ3v) is 4.24. The molecule has 1 unspecified atom stereocenters. The highest BCUT2D eigenvalue weighted by molar-refractivity contribution is 9.11. The molecule has 1 heterocycles. The maximum Gasteiger partial charge on any atom is 0.123 e. The molecule has 17 heavy (non-hydrogen) atoms. The van der Waals surface area contributed by atoms with E-state index >= 15 is 0 Å². The molecule has 0 bridgehead atoms. The van der Waals surface area contributed by atoms with E-state index in [4.69, 9.17) is 0 Å². The molecule has 1 N–H and O–H groups in total. The van der Waals surface area contributed by atoms with Crippen LogP contribution in [0, 0.1) is 0 Å². The van der Waals surface area contributed by atoms with Gasteiger partial charge in [0.15, 0.2) is 0 Å². The van der Waals surface area contributed by atoms with Gasteiger partial charge in [-0.05, 0) is 28.1 Å². The summed E-state index contributed by atoms with van der Waals surface area (Å²) in [6.07, 6.45) is 0.949. The first-order valence-electron chi connectivity index (χ1n) is 4.81. The van der Waals surface area contributed by atoms with Gasteiger partial charge in [0.2, 0.25) is 0 Å². The van der Waals surface area contributed by atoms with E-state index in [1.807, 2.05) is 18.2 Å². The number of aryl methyl sites for hydroxylation is 1. The second-order valence-corrected chi connectivity index (χ2v) is 6.19. The zero-order chi connectivity index (χ0) is 12.6. The minimum absolute atomic E-state index is 0.723. The lowest BCUT2D eigenvalue weighted by Crippen LogP contribution is -2.07. The maximum absolute atomic E-state index is 10.4. The number of halogens is 3. The Labute approximate surface area is 124 Å². The Kier molecular flexibility index (Phi) is 4.07. The van der Waals surface area contributed by atoms with Crippen LogP contribution in [0.4, 0.5) is 0 Å². The minimum atomic E-state index is -0.723. The molecule has 0 saturated carbocycles. The SMILES string of the molecule is Cn1ncc(Br)c1C(O)c1ccc(Br)cc1Br. The fourth-order valence-electron chi connectivity index (χ4n) is 1.60. The van der Waals surface area contributed by atoms with E-state index < -0.39 is 6.10 Å². The van der Waals surface area contributed by atoms with Crippen molar-refractivity contribution in [2.24, 2.45) is 7.05 Å². The molecule has 6 heteroatoms. The summed E-state index contributed by atoms with van der Waals surface area (Å²) in [6.45, 7) is 0. The molecule has 0 spiro atoms. The average molecular weight is 425 g/mol. The first-order chi connectivity index (χ1) is 8.00. The maximum atomic E-state index is 10.4. The van der Waals surface area contributed by atoms with Gasteiger partial charge >= 0.3 is 0 Å². The highest BCUT2D eigenvalue weighted by atomic mass is 79.9. The van der Waals surface area contributed by atoms with Crippen molar-refractivity contribution in [3.63, 3.8) is 0 Å². The molecule has 1 aromatic carbocycles. The Morgan fingerprint density at radius 2 is 1.94 bits per heavy atom. The molecule has 1 aromatic heterocycles. The summed E-state index contributed by atoms with van der Waals surface area (Å²) in [4.78, 5) is 0. The van der Waals surface area contributed by atoms with Crippen LogP contribution >= 0.6 is 47.8 Å². The third kappa shape index (κ3) is 2.65. The standard InChI is InChI=1S/C11H9Br3N2O/c1-16-10(9(14)5-15-16)11(17)7-3-2-6(12)4-8(7)13/h2-5,11,17H,1H3. The van der Waals surface area contributed by atoms with Crippen LogP contribution in [-0.4, -0.2) is 14.9 Å². The lowest BCUT2D eigenvalue weighted by atomic mass is 10.1. The van der Waals surface area contributed by atoms with Crippen molar-refractivity contribution >= 4 is 47.8 Å². The Hall–Kier alpha value is -0.170. The summed E-state index contributed by atoms with van der Waals surface area (Å²) >= 11 is 10.2. The minimum Gasteiger partial charge on any atom is -0.382 e. The number of rotatable bonds is 2. The van der Waals surface area contributed by atoms with Crippen LogP contribution in [0.5, 0.6) is 0 Å². The van der Waals surface area contributed by atoms with E-state index in [0.717, 1.165) is 24.7 Å². The second kappa shape index (κ2) is 5.22. The molecule has 2 rings (SSSR count). The molecule has 2 aromatic rings. The topological polar surface area (TPSA) is 38.0 Å². The van der Waals surface area contributed by atoms with E-state index in [2.05, 4.69) is 52.9 Å². The van der Waals surface area contributed by atoms with Gasteiger partial charge in [-0.1, -0.05) is 37.9 Å². The van der Waals surface area contributed by atoms with Gasteiger partial charge in [0.1, 0.15) is 6.10 Å².